The zero-order valence-electron chi connectivity index (χ0n) is 12.9. The minimum absolute atomic E-state index is 0.385. The highest BCUT2D eigenvalue weighted by atomic mass is 32.1. The van der Waals surface area contributed by atoms with Gasteiger partial charge in [0.15, 0.2) is 5.13 Å². The summed E-state index contributed by atoms with van der Waals surface area (Å²) in [6, 6.07) is 1.02. The highest BCUT2D eigenvalue weighted by Crippen LogP contribution is 2.34. The Morgan fingerprint density at radius 2 is 2.11 bits per heavy atom. The molecule has 0 amide bonds. The first-order valence-electron chi connectivity index (χ1n) is 7.00. The van der Waals surface area contributed by atoms with E-state index in [9.17, 15) is 0 Å². The van der Waals surface area contributed by atoms with Gasteiger partial charge in [-0.05, 0) is 40.9 Å². The van der Waals surface area contributed by atoms with E-state index in [1.54, 1.807) is 0 Å². The third-order valence-electron chi connectivity index (χ3n) is 4.15. The highest BCUT2D eigenvalue weighted by molar-refractivity contribution is 7.15. The van der Waals surface area contributed by atoms with E-state index in [1.807, 2.05) is 18.4 Å². The second-order valence-corrected chi connectivity index (χ2v) is 6.88. The Labute approximate surface area is 120 Å². The Hall–Kier alpha value is -0.650. The third-order valence-corrected chi connectivity index (χ3v) is 5.55. The maximum atomic E-state index is 4.78. The molecule has 1 aromatic rings. The summed E-state index contributed by atoms with van der Waals surface area (Å²) in [5.74, 6) is 0.698. The van der Waals surface area contributed by atoms with Crippen LogP contribution in [0, 0.1) is 12.8 Å². The highest BCUT2D eigenvalue weighted by Gasteiger charge is 2.32. The molecule has 19 heavy (non-hydrogen) atoms. The number of rotatable bonds is 4. The summed E-state index contributed by atoms with van der Waals surface area (Å²) in [6.07, 6.45) is 0. The molecular formula is C14H26N4S. The number of anilines is 1. The molecule has 0 spiro atoms. The number of nitrogens with zero attached hydrogens (tertiary/aromatic N) is 3. The molecule has 5 heteroatoms. The minimum Gasteiger partial charge on any atom is -0.346 e. The van der Waals surface area contributed by atoms with Crippen LogP contribution in [-0.4, -0.2) is 50.2 Å². The molecule has 1 saturated heterocycles. The number of aryl methyl sites for hydroxylation is 1. The molecular weight excluding hydrogens is 256 g/mol. The van der Waals surface area contributed by atoms with Gasteiger partial charge >= 0.3 is 0 Å². The predicted molar refractivity (Wildman–Crippen MR) is 83.2 cm³/mol. The van der Waals surface area contributed by atoms with Crippen molar-refractivity contribution in [3.8, 4) is 0 Å². The molecule has 1 N–H and O–H groups in total. The summed E-state index contributed by atoms with van der Waals surface area (Å²) in [5, 5.41) is 4.49. The maximum Gasteiger partial charge on any atom is 0.185 e. The lowest BCUT2D eigenvalue weighted by Gasteiger charge is -2.22. The van der Waals surface area contributed by atoms with Crippen LogP contribution in [0.5, 0.6) is 0 Å². The van der Waals surface area contributed by atoms with E-state index in [4.69, 9.17) is 4.98 Å². The predicted octanol–water partition coefficient (Wildman–Crippen LogP) is 2.12. The van der Waals surface area contributed by atoms with Crippen LogP contribution in [0.3, 0.4) is 0 Å². The van der Waals surface area contributed by atoms with Gasteiger partial charge in [0.2, 0.25) is 0 Å². The topological polar surface area (TPSA) is 31.4 Å². The van der Waals surface area contributed by atoms with Gasteiger partial charge in [-0.1, -0.05) is 6.92 Å². The van der Waals surface area contributed by atoms with Gasteiger partial charge < -0.3 is 15.1 Å². The van der Waals surface area contributed by atoms with E-state index >= 15 is 0 Å². The van der Waals surface area contributed by atoms with Gasteiger partial charge in [-0.3, -0.25) is 0 Å². The summed E-state index contributed by atoms with van der Waals surface area (Å²) in [5.41, 5.74) is 1.17. The first-order valence-corrected chi connectivity index (χ1v) is 7.81. The standard InChI is InChI=1S/C14H26N4S/c1-9-7-18(8-12(9)17(5)6)14-16-11(3)13(19-14)10(2)15-4/h9-10,12,15H,7-8H2,1-6H3. The lowest BCUT2D eigenvalue weighted by atomic mass is 10.1. The molecule has 0 radical (unpaired) electrons. The smallest absolute Gasteiger partial charge is 0.185 e. The van der Waals surface area contributed by atoms with Crippen molar-refractivity contribution in [1.29, 1.82) is 0 Å². The second kappa shape index (κ2) is 5.77. The van der Waals surface area contributed by atoms with Crippen molar-refractivity contribution >= 4 is 16.5 Å². The minimum atomic E-state index is 0.385. The van der Waals surface area contributed by atoms with E-state index in [0.29, 0.717) is 18.0 Å². The summed E-state index contributed by atoms with van der Waals surface area (Å²) in [6.45, 7) is 8.85. The van der Waals surface area contributed by atoms with Gasteiger partial charge in [0.25, 0.3) is 0 Å². The van der Waals surface area contributed by atoms with Crippen molar-refractivity contribution in [2.24, 2.45) is 5.92 Å². The molecule has 3 atom stereocenters. The Morgan fingerprint density at radius 3 is 2.63 bits per heavy atom. The molecule has 0 aliphatic carbocycles. The number of thiazole rings is 1. The first kappa shape index (κ1) is 14.8. The van der Waals surface area contributed by atoms with Crippen LogP contribution in [0.25, 0.3) is 0 Å². The van der Waals surface area contributed by atoms with Crippen LogP contribution in [0.2, 0.25) is 0 Å². The fourth-order valence-corrected chi connectivity index (χ4v) is 3.99. The number of hydrogen-bond donors (Lipinski definition) is 1. The van der Waals surface area contributed by atoms with Gasteiger partial charge in [0, 0.05) is 30.1 Å². The molecule has 1 aliphatic heterocycles. The monoisotopic (exact) mass is 282 g/mol. The molecule has 108 valence electrons. The molecule has 1 fully saturated rings. The average molecular weight is 282 g/mol. The second-order valence-electron chi connectivity index (χ2n) is 5.87. The lowest BCUT2D eigenvalue weighted by Crippen LogP contribution is -2.34. The largest absolute Gasteiger partial charge is 0.346 e. The maximum absolute atomic E-state index is 4.78. The molecule has 4 nitrogen and oxygen atoms in total. The molecule has 2 rings (SSSR count). The average Bonchev–Trinajstić information content (AvgIpc) is 2.91. The van der Waals surface area contributed by atoms with E-state index in [0.717, 1.165) is 13.1 Å². The van der Waals surface area contributed by atoms with E-state index < -0.39 is 0 Å². The quantitative estimate of drug-likeness (QED) is 0.916. The van der Waals surface area contributed by atoms with Gasteiger partial charge in [-0.2, -0.15) is 0 Å². The number of aromatic nitrogens is 1. The number of hydrogen-bond acceptors (Lipinski definition) is 5. The van der Waals surface area contributed by atoms with E-state index in [-0.39, 0.29) is 0 Å². The Morgan fingerprint density at radius 1 is 1.42 bits per heavy atom. The molecule has 0 saturated carbocycles. The van der Waals surface area contributed by atoms with Crippen LogP contribution in [0.15, 0.2) is 0 Å². The Balaban J connectivity index is 2.16. The van der Waals surface area contributed by atoms with Crippen molar-refractivity contribution in [3.05, 3.63) is 10.6 Å². The van der Waals surface area contributed by atoms with Crippen LogP contribution in [-0.2, 0) is 0 Å². The van der Waals surface area contributed by atoms with Crippen LogP contribution >= 0.6 is 11.3 Å². The summed E-state index contributed by atoms with van der Waals surface area (Å²) in [7, 11) is 6.35. The fourth-order valence-electron chi connectivity index (χ4n) is 2.84. The van der Waals surface area contributed by atoms with Gasteiger partial charge in [0.05, 0.1) is 5.69 Å². The van der Waals surface area contributed by atoms with Crippen molar-refractivity contribution in [2.45, 2.75) is 32.9 Å². The molecule has 0 aromatic carbocycles. The van der Waals surface area contributed by atoms with E-state index in [1.165, 1.54) is 15.7 Å². The van der Waals surface area contributed by atoms with Crippen molar-refractivity contribution in [2.75, 3.05) is 39.1 Å². The summed E-state index contributed by atoms with van der Waals surface area (Å²) < 4.78 is 0. The molecule has 1 aliphatic rings. The van der Waals surface area contributed by atoms with Gasteiger partial charge in [0.1, 0.15) is 0 Å². The lowest BCUT2D eigenvalue weighted by molar-refractivity contribution is 0.266. The van der Waals surface area contributed by atoms with Gasteiger partial charge in [-0.25, -0.2) is 4.98 Å². The fraction of sp³-hybridized carbons (Fsp3) is 0.786. The van der Waals surface area contributed by atoms with Crippen LogP contribution in [0.4, 0.5) is 5.13 Å². The molecule has 1 aromatic heterocycles. The molecule has 3 unspecified atom stereocenters. The summed E-state index contributed by atoms with van der Waals surface area (Å²) >= 11 is 1.84. The SMILES string of the molecule is CNC(C)c1sc(N2CC(C)C(N(C)C)C2)nc1C. The van der Waals surface area contributed by atoms with Crippen molar-refractivity contribution in [1.82, 2.24) is 15.2 Å². The van der Waals surface area contributed by atoms with Gasteiger partial charge in [-0.15, -0.1) is 11.3 Å². The molecule has 0 bridgehead atoms. The zero-order valence-corrected chi connectivity index (χ0v) is 13.7. The normalized spacial score (nSPS) is 25.3. The van der Waals surface area contributed by atoms with E-state index in [2.05, 4.69) is 50.0 Å². The Kier molecular flexibility index (Phi) is 4.48. The Bertz CT molecular complexity index is 429. The van der Waals surface area contributed by atoms with Crippen LogP contribution < -0.4 is 10.2 Å². The van der Waals surface area contributed by atoms with Crippen molar-refractivity contribution in [3.63, 3.8) is 0 Å². The number of nitrogens with one attached hydrogen (secondary N) is 1. The van der Waals surface area contributed by atoms with Crippen LogP contribution in [0.1, 0.15) is 30.5 Å². The van der Waals surface area contributed by atoms with Crippen molar-refractivity contribution < 1.29 is 0 Å². The first-order chi connectivity index (χ1) is 8.93. The third kappa shape index (κ3) is 2.93. The zero-order chi connectivity index (χ0) is 14.2. The molecule has 2 heterocycles. The number of likely N-dealkylation sites (N-methyl/N-ethyl adjacent to an activating group) is 1. The summed E-state index contributed by atoms with van der Waals surface area (Å²) in [4.78, 5) is 10.9.